The highest BCUT2D eigenvalue weighted by atomic mass is 16.2. The highest BCUT2D eigenvalue weighted by Crippen LogP contribution is 2.35. The zero-order chi connectivity index (χ0) is 26.4. The van der Waals surface area contributed by atoms with E-state index in [1.165, 1.54) is 55.7 Å². The third-order valence-electron chi connectivity index (χ3n) is 7.35. The van der Waals surface area contributed by atoms with Crippen LogP contribution in [0.25, 0.3) is 0 Å². The number of amides is 3. The van der Waals surface area contributed by atoms with E-state index in [0.29, 0.717) is 11.7 Å². The predicted octanol–water partition coefficient (Wildman–Crippen LogP) is 3.28. The van der Waals surface area contributed by atoms with Gasteiger partial charge in [-0.05, 0) is 81.6 Å². The number of carbonyl (C=O) groups is 2. The van der Waals surface area contributed by atoms with E-state index in [4.69, 9.17) is 16.5 Å². The molecular weight excluding hydrogens is 468 g/mol. The largest absolute Gasteiger partial charge is 0.364 e. The number of urea groups is 1. The van der Waals surface area contributed by atoms with Crippen LogP contribution in [0.4, 0.5) is 22.1 Å². The van der Waals surface area contributed by atoms with Gasteiger partial charge in [0, 0.05) is 38.9 Å². The molecule has 3 fully saturated rings. The summed E-state index contributed by atoms with van der Waals surface area (Å²) in [6, 6.07) is 9.01. The van der Waals surface area contributed by atoms with Crippen LogP contribution in [0.15, 0.2) is 30.5 Å². The Labute approximate surface area is 219 Å². The molecular formula is C27H40N8O2. The SMILES string of the molecule is CN(C)C(N)=O.NC(=O)c1ncc(N2CCCCC2)nc1Nc1ccc(C2CCN(C3CC3)CC2)cc1. The molecule has 3 amide bonds. The first kappa shape index (κ1) is 26.7. The minimum Gasteiger partial charge on any atom is -0.364 e. The van der Waals surface area contributed by atoms with Crippen LogP contribution in [-0.2, 0) is 0 Å². The summed E-state index contributed by atoms with van der Waals surface area (Å²) in [5.74, 6) is 1.29. The van der Waals surface area contributed by atoms with Gasteiger partial charge in [0.2, 0.25) is 0 Å². The fraction of sp³-hybridized carbons (Fsp3) is 0.556. The van der Waals surface area contributed by atoms with E-state index in [2.05, 4.69) is 44.4 Å². The molecule has 2 aromatic rings. The van der Waals surface area contributed by atoms with Crippen LogP contribution in [-0.4, -0.2) is 78.0 Å². The van der Waals surface area contributed by atoms with Crippen molar-refractivity contribution in [3.8, 4) is 0 Å². The fourth-order valence-electron chi connectivity index (χ4n) is 4.94. The van der Waals surface area contributed by atoms with Crippen LogP contribution in [0, 0.1) is 0 Å². The molecule has 1 aromatic carbocycles. The average molecular weight is 509 g/mol. The zero-order valence-electron chi connectivity index (χ0n) is 22.0. The fourth-order valence-corrected chi connectivity index (χ4v) is 4.94. The number of hydrogen-bond acceptors (Lipinski definition) is 7. The Morgan fingerprint density at radius 3 is 2.11 bits per heavy atom. The Bertz CT molecular complexity index is 1060. The second-order valence-electron chi connectivity index (χ2n) is 10.4. The van der Waals surface area contributed by atoms with E-state index in [1.807, 2.05) is 0 Å². The first-order valence-electron chi connectivity index (χ1n) is 13.3. The molecule has 5 N–H and O–H groups in total. The Morgan fingerprint density at radius 1 is 0.946 bits per heavy atom. The molecule has 37 heavy (non-hydrogen) atoms. The maximum absolute atomic E-state index is 11.9. The summed E-state index contributed by atoms with van der Waals surface area (Å²) in [4.78, 5) is 37.0. The minimum absolute atomic E-state index is 0.178. The van der Waals surface area contributed by atoms with Crippen molar-refractivity contribution in [2.45, 2.75) is 56.9 Å². The van der Waals surface area contributed by atoms with Crippen LogP contribution in [0.5, 0.6) is 0 Å². The van der Waals surface area contributed by atoms with Crippen molar-refractivity contribution in [1.82, 2.24) is 19.8 Å². The normalized spacial score (nSPS) is 18.5. The third kappa shape index (κ3) is 7.31. The van der Waals surface area contributed by atoms with Crippen molar-refractivity contribution >= 4 is 29.3 Å². The maximum Gasteiger partial charge on any atom is 0.314 e. The van der Waals surface area contributed by atoms with Crippen molar-refractivity contribution in [3.05, 3.63) is 41.7 Å². The number of nitrogens with two attached hydrogens (primary N) is 2. The van der Waals surface area contributed by atoms with Crippen molar-refractivity contribution in [2.75, 3.05) is 50.5 Å². The number of carbonyl (C=O) groups excluding carboxylic acids is 2. The third-order valence-corrected chi connectivity index (χ3v) is 7.35. The second-order valence-corrected chi connectivity index (χ2v) is 10.4. The number of benzene rings is 1. The number of nitrogens with one attached hydrogen (secondary N) is 1. The number of hydrogen-bond donors (Lipinski definition) is 3. The van der Waals surface area contributed by atoms with Crippen molar-refractivity contribution in [2.24, 2.45) is 11.5 Å². The summed E-state index contributed by atoms with van der Waals surface area (Å²) in [5.41, 5.74) is 12.7. The summed E-state index contributed by atoms with van der Waals surface area (Å²) in [5, 5.41) is 3.28. The Balaban J connectivity index is 0.000000480. The lowest BCUT2D eigenvalue weighted by molar-refractivity contribution is 0.0996. The molecule has 1 aliphatic carbocycles. The van der Waals surface area contributed by atoms with E-state index in [9.17, 15) is 9.59 Å². The van der Waals surface area contributed by atoms with Gasteiger partial charge in [-0.15, -0.1) is 0 Å². The molecule has 3 heterocycles. The summed E-state index contributed by atoms with van der Waals surface area (Å²) >= 11 is 0. The van der Waals surface area contributed by atoms with Gasteiger partial charge in [0.05, 0.1) is 6.20 Å². The summed E-state index contributed by atoms with van der Waals surface area (Å²) in [7, 11) is 3.20. The summed E-state index contributed by atoms with van der Waals surface area (Å²) < 4.78 is 0. The number of likely N-dealkylation sites (tertiary alicyclic amines) is 1. The van der Waals surface area contributed by atoms with Crippen molar-refractivity contribution < 1.29 is 9.59 Å². The Morgan fingerprint density at radius 2 is 1.57 bits per heavy atom. The molecule has 5 rings (SSSR count). The zero-order valence-corrected chi connectivity index (χ0v) is 22.0. The first-order chi connectivity index (χ1) is 17.8. The van der Waals surface area contributed by atoms with Gasteiger partial charge in [-0.25, -0.2) is 14.8 Å². The summed E-state index contributed by atoms with van der Waals surface area (Å²) in [6.45, 7) is 4.38. The Hall–Kier alpha value is -3.40. The summed E-state index contributed by atoms with van der Waals surface area (Å²) in [6.07, 6.45) is 10.5. The molecule has 1 saturated carbocycles. The van der Waals surface area contributed by atoms with Gasteiger partial charge >= 0.3 is 6.03 Å². The monoisotopic (exact) mass is 508 g/mol. The van der Waals surface area contributed by atoms with Gasteiger partial charge in [-0.3, -0.25) is 4.79 Å². The van der Waals surface area contributed by atoms with Crippen molar-refractivity contribution in [1.29, 1.82) is 0 Å². The van der Waals surface area contributed by atoms with E-state index in [1.54, 1.807) is 20.3 Å². The molecule has 200 valence electrons. The quantitative estimate of drug-likeness (QED) is 0.545. The van der Waals surface area contributed by atoms with E-state index in [-0.39, 0.29) is 5.69 Å². The number of rotatable bonds is 6. The van der Waals surface area contributed by atoms with E-state index >= 15 is 0 Å². The number of nitrogens with zero attached hydrogens (tertiary/aromatic N) is 5. The number of primary amides is 2. The van der Waals surface area contributed by atoms with Gasteiger partial charge in [0.1, 0.15) is 5.82 Å². The van der Waals surface area contributed by atoms with Crippen molar-refractivity contribution in [3.63, 3.8) is 0 Å². The van der Waals surface area contributed by atoms with E-state index < -0.39 is 11.9 Å². The van der Waals surface area contributed by atoms with Crippen LogP contribution in [0.3, 0.4) is 0 Å². The maximum atomic E-state index is 11.9. The standard InChI is InChI=1S/C24H32N6O.C3H8N2O/c25-23(31)22-24(28-21(16-26-22)30-12-2-1-3-13-30)27-19-6-4-17(5-7-19)18-10-14-29(15-11-18)20-8-9-20;1-5(2)3(4)6/h4-7,16,18,20H,1-3,8-15H2,(H2,25,31)(H,27,28);1-2H3,(H2,4,6). The molecule has 0 spiro atoms. The highest BCUT2D eigenvalue weighted by molar-refractivity contribution is 5.96. The van der Waals surface area contributed by atoms with E-state index in [0.717, 1.165) is 43.5 Å². The van der Waals surface area contributed by atoms with Gasteiger partial charge in [-0.2, -0.15) is 0 Å². The first-order valence-corrected chi connectivity index (χ1v) is 13.3. The number of anilines is 3. The molecule has 3 aliphatic rings. The molecule has 2 saturated heterocycles. The second kappa shape index (κ2) is 12.2. The van der Waals surface area contributed by atoms with Gasteiger partial charge in [-0.1, -0.05) is 12.1 Å². The lowest BCUT2D eigenvalue weighted by atomic mass is 9.89. The molecule has 0 bridgehead atoms. The van der Waals surface area contributed by atoms with Crippen LogP contribution >= 0.6 is 0 Å². The van der Waals surface area contributed by atoms with Gasteiger partial charge < -0.3 is 31.5 Å². The van der Waals surface area contributed by atoms with Crippen LogP contribution < -0.4 is 21.7 Å². The molecule has 1 aromatic heterocycles. The molecule has 10 nitrogen and oxygen atoms in total. The van der Waals surface area contributed by atoms with Gasteiger partial charge in [0.25, 0.3) is 5.91 Å². The topological polar surface area (TPSA) is 134 Å². The highest BCUT2D eigenvalue weighted by Gasteiger charge is 2.32. The predicted molar refractivity (Wildman–Crippen MR) is 146 cm³/mol. The minimum atomic E-state index is -0.570. The molecule has 0 radical (unpaired) electrons. The lowest BCUT2D eigenvalue weighted by Gasteiger charge is -2.32. The molecule has 10 heteroatoms. The molecule has 0 unspecified atom stereocenters. The average Bonchev–Trinajstić information content (AvgIpc) is 3.76. The smallest absolute Gasteiger partial charge is 0.314 e. The number of piperidine rings is 2. The van der Waals surface area contributed by atoms with Crippen LogP contribution in [0.2, 0.25) is 0 Å². The molecule has 2 aliphatic heterocycles. The lowest BCUT2D eigenvalue weighted by Crippen LogP contribution is -2.34. The van der Waals surface area contributed by atoms with Crippen LogP contribution in [0.1, 0.15) is 66.9 Å². The Kier molecular flexibility index (Phi) is 8.81. The number of aromatic nitrogens is 2. The van der Waals surface area contributed by atoms with Gasteiger partial charge in [0.15, 0.2) is 11.5 Å². The molecule has 0 atom stereocenters.